The van der Waals surface area contributed by atoms with E-state index in [1.807, 2.05) is 18.2 Å². The second kappa shape index (κ2) is 4.03. The number of hydrogen-bond donors (Lipinski definition) is 1. The van der Waals surface area contributed by atoms with Gasteiger partial charge in [0.1, 0.15) is 0 Å². The Morgan fingerprint density at radius 2 is 2.27 bits per heavy atom. The van der Waals surface area contributed by atoms with E-state index < -0.39 is 0 Å². The van der Waals surface area contributed by atoms with Crippen molar-refractivity contribution in [2.45, 2.75) is 11.3 Å². The molecule has 56 valence electrons. The Hall–Kier alpha value is -0.140. The molecule has 0 amide bonds. The highest BCUT2D eigenvalue weighted by Crippen LogP contribution is 2.20. The molecule has 1 rings (SSSR count). The van der Waals surface area contributed by atoms with Crippen molar-refractivity contribution >= 4 is 35.2 Å². The fraction of sp³-hybridized carbons (Fsp3) is 0.111. The van der Waals surface area contributed by atoms with Crippen molar-refractivity contribution in [2.75, 3.05) is 0 Å². The van der Waals surface area contributed by atoms with Crippen molar-refractivity contribution in [3.8, 4) is 12.3 Å². The van der Waals surface area contributed by atoms with Gasteiger partial charge in [-0.25, -0.2) is 0 Å². The van der Waals surface area contributed by atoms with E-state index in [0.29, 0.717) is 6.42 Å². The van der Waals surface area contributed by atoms with Crippen LogP contribution in [0.25, 0.3) is 0 Å². The van der Waals surface area contributed by atoms with Crippen molar-refractivity contribution in [3.05, 3.63) is 27.3 Å². The van der Waals surface area contributed by atoms with Crippen LogP contribution in [0.1, 0.15) is 5.56 Å². The smallest absolute Gasteiger partial charge is 0.0348 e. The van der Waals surface area contributed by atoms with E-state index in [4.69, 9.17) is 6.42 Å². The van der Waals surface area contributed by atoms with Gasteiger partial charge in [-0.15, -0.1) is 25.0 Å². The van der Waals surface area contributed by atoms with Gasteiger partial charge in [-0.3, -0.25) is 0 Å². The number of terminal acetylenes is 1. The molecular weight excluding hydrogens is 267 g/mol. The molecule has 1 aromatic carbocycles. The lowest BCUT2D eigenvalue weighted by Crippen LogP contribution is -1.87. The fourth-order valence-electron chi connectivity index (χ4n) is 0.813. The molecule has 0 aliphatic rings. The minimum atomic E-state index is 0.687. The third kappa shape index (κ3) is 2.14. The Balaban J connectivity index is 3.08. The summed E-state index contributed by atoms with van der Waals surface area (Å²) in [6.07, 6.45) is 5.89. The Kier molecular flexibility index (Phi) is 3.28. The zero-order chi connectivity index (χ0) is 8.27. The van der Waals surface area contributed by atoms with Crippen LogP contribution in [0.15, 0.2) is 23.1 Å². The predicted octanol–water partition coefficient (Wildman–Crippen LogP) is 2.76. The van der Waals surface area contributed by atoms with Crippen LogP contribution < -0.4 is 0 Å². The highest BCUT2D eigenvalue weighted by Gasteiger charge is 1.99. The Morgan fingerprint density at radius 3 is 2.91 bits per heavy atom. The van der Waals surface area contributed by atoms with Gasteiger partial charge in [-0.1, -0.05) is 12.1 Å². The molecule has 0 aliphatic carbocycles. The van der Waals surface area contributed by atoms with Crippen LogP contribution in [0.4, 0.5) is 0 Å². The number of benzene rings is 1. The van der Waals surface area contributed by atoms with E-state index in [-0.39, 0.29) is 0 Å². The van der Waals surface area contributed by atoms with Crippen molar-refractivity contribution in [3.63, 3.8) is 0 Å². The molecule has 0 spiro atoms. The van der Waals surface area contributed by atoms with Gasteiger partial charge >= 0.3 is 0 Å². The first-order chi connectivity index (χ1) is 5.25. The second-order valence-electron chi connectivity index (χ2n) is 2.13. The van der Waals surface area contributed by atoms with Gasteiger partial charge in [-0.2, -0.15) is 0 Å². The third-order valence-corrected chi connectivity index (χ3v) is 3.42. The zero-order valence-electron chi connectivity index (χ0n) is 5.84. The van der Waals surface area contributed by atoms with Crippen molar-refractivity contribution in [1.82, 2.24) is 0 Å². The summed E-state index contributed by atoms with van der Waals surface area (Å²) in [6, 6.07) is 5.96. The summed E-state index contributed by atoms with van der Waals surface area (Å²) in [7, 11) is 0. The Morgan fingerprint density at radius 1 is 1.55 bits per heavy atom. The van der Waals surface area contributed by atoms with Crippen molar-refractivity contribution < 1.29 is 0 Å². The predicted molar refractivity (Wildman–Crippen MR) is 58.9 cm³/mol. The first-order valence-electron chi connectivity index (χ1n) is 3.15. The second-order valence-corrected chi connectivity index (χ2v) is 3.69. The molecule has 11 heavy (non-hydrogen) atoms. The molecule has 0 heterocycles. The standard InChI is InChI=1S/C9H7IS/c1-2-4-7-5-3-6-8(11)9(7)10/h1,3,5-6,11H,4H2. The summed E-state index contributed by atoms with van der Waals surface area (Å²) < 4.78 is 1.16. The van der Waals surface area contributed by atoms with Crippen LogP contribution >= 0.6 is 35.2 Å². The molecule has 0 N–H and O–H groups in total. The molecule has 0 bridgehead atoms. The summed E-state index contributed by atoms with van der Waals surface area (Å²) in [6.45, 7) is 0. The molecule has 0 fully saturated rings. The molecule has 0 saturated heterocycles. The molecule has 0 radical (unpaired) electrons. The molecule has 0 atom stereocenters. The van der Waals surface area contributed by atoms with Crippen LogP contribution in [-0.4, -0.2) is 0 Å². The number of rotatable bonds is 1. The van der Waals surface area contributed by atoms with Crippen LogP contribution in [-0.2, 0) is 6.42 Å². The highest BCUT2D eigenvalue weighted by atomic mass is 127. The highest BCUT2D eigenvalue weighted by molar-refractivity contribution is 14.1. The maximum Gasteiger partial charge on any atom is 0.0348 e. The van der Waals surface area contributed by atoms with Gasteiger partial charge in [0, 0.05) is 14.9 Å². The third-order valence-electron chi connectivity index (χ3n) is 1.35. The van der Waals surface area contributed by atoms with Gasteiger partial charge in [0.05, 0.1) is 0 Å². The SMILES string of the molecule is C#CCc1cccc(S)c1I. The normalized spacial score (nSPS) is 9.18. The van der Waals surface area contributed by atoms with Gasteiger partial charge in [0.2, 0.25) is 0 Å². The molecule has 2 heteroatoms. The topological polar surface area (TPSA) is 0 Å². The van der Waals surface area contributed by atoms with Gasteiger partial charge in [0.15, 0.2) is 0 Å². The van der Waals surface area contributed by atoms with Gasteiger partial charge < -0.3 is 0 Å². The number of halogens is 1. The van der Waals surface area contributed by atoms with Crippen LogP contribution in [0.3, 0.4) is 0 Å². The van der Waals surface area contributed by atoms with E-state index in [2.05, 4.69) is 41.1 Å². The first kappa shape index (κ1) is 8.95. The van der Waals surface area contributed by atoms with Crippen LogP contribution in [0, 0.1) is 15.9 Å². The molecule has 0 aliphatic heterocycles. The van der Waals surface area contributed by atoms with Crippen molar-refractivity contribution in [1.29, 1.82) is 0 Å². The molecule has 0 aromatic heterocycles. The van der Waals surface area contributed by atoms with E-state index in [0.717, 1.165) is 8.47 Å². The molecular formula is C9H7IS. The van der Waals surface area contributed by atoms with E-state index in [9.17, 15) is 0 Å². The summed E-state index contributed by atoms with van der Waals surface area (Å²) in [5, 5.41) is 0. The van der Waals surface area contributed by atoms with Crippen LogP contribution in [0.5, 0.6) is 0 Å². The summed E-state index contributed by atoms with van der Waals surface area (Å²) >= 11 is 6.54. The lowest BCUT2D eigenvalue weighted by Gasteiger charge is -2.01. The van der Waals surface area contributed by atoms with E-state index >= 15 is 0 Å². The summed E-state index contributed by atoms with van der Waals surface area (Å²) in [4.78, 5) is 0.998. The minimum absolute atomic E-state index is 0.687. The van der Waals surface area contributed by atoms with Gasteiger partial charge in [-0.05, 0) is 34.2 Å². The lowest BCUT2D eigenvalue weighted by atomic mass is 10.2. The average molecular weight is 274 g/mol. The lowest BCUT2D eigenvalue weighted by molar-refractivity contribution is 1.23. The maximum absolute atomic E-state index is 5.20. The summed E-state index contributed by atoms with van der Waals surface area (Å²) in [5.74, 6) is 2.61. The molecule has 0 unspecified atom stereocenters. The number of hydrogen-bond acceptors (Lipinski definition) is 1. The zero-order valence-corrected chi connectivity index (χ0v) is 8.89. The van der Waals surface area contributed by atoms with E-state index in [1.165, 1.54) is 5.56 Å². The van der Waals surface area contributed by atoms with Crippen LogP contribution in [0.2, 0.25) is 0 Å². The first-order valence-corrected chi connectivity index (χ1v) is 4.68. The summed E-state index contributed by atoms with van der Waals surface area (Å²) in [5.41, 5.74) is 1.18. The molecule has 0 saturated carbocycles. The average Bonchev–Trinajstić information content (AvgIpc) is 1.99. The van der Waals surface area contributed by atoms with E-state index in [1.54, 1.807) is 0 Å². The fourth-order valence-corrected chi connectivity index (χ4v) is 1.59. The molecule has 0 nitrogen and oxygen atoms in total. The maximum atomic E-state index is 5.20. The quantitative estimate of drug-likeness (QED) is 0.454. The largest absolute Gasteiger partial charge is 0.142 e. The van der Waals surface area contributed by atoms with Crippen molar-refractivity contribution in [2.24, 2.45) is 0 Å². The minimum Gasteiger partial charge on any atom is -0.142 e. The Labute approximate surface area is 85.9 Å². The molecule has 1 aromatic rings. The Bertz CT molecular complexity index is 299. The number of thiol groups is 1. The monoisotopic (exact) mass is 274 g/mol. The van der Waals surface area contributed by atoms with Gasteiger partial charge in [0.25, 0.3) is 0 Å².